The van der Waals surface area contributed by atoms with Gasteiger partial charge in [-0.15, -0.1) is 13.2 Å². The van der Waals surface area contributed by atoms with Crippen molar-refractivity contribution in [3.63, 3.8) is 0 Å². The van der Waals surface area contributed by atoms with Crippen molar-refractivity contribution in [2.24, 2.45) is 11.3 Å². The average Bonchev–Trinajstić information content (AvgIpc) is 2.83. The molecular weight excluding hydrogens is 523 g/mol. The van der Waals surface area contributed by atoms with Gasteiger partial charge in [0.2, 0.25) is 10.0 Å². The predicted octanol–water partition coefficient (Wildman–Crippen LogP) is 5.28. The number of ether oxygens (including phenoxy) is 2. The zero-order valence-corrected chi connectivity index (χ0v) is 21.7. The van der Waals surface area contributed by atoms with Crippen LogP contribution in [0.15, 0.2) is 65.6 Å². The first-order valence-corrected chi connectivity index (χ1v) is 13.4. The Morgan fingerprint density at radius 2 is 1.89 bits per heavy atom. The van der Waals surface area contributed by atoms with E-state index in [0.717, 1.165) is 21.9 Å². The molecule has 1 aliphatic heterocycles. The third-order valence-corrected chi connectivity index (χ3v) is 8.66. The fourth-order valence-corrected chi connectivity index (χ4v) is 6.27. The molecule has 7 nitrogen and oxygen atoms in total. The smallest absolute Gasteiger partial charge is 0.493 e. The number of benzene rings is 2. The number of hydrogen-bond acceptors (Lipinski definition) is 5. The monoisotopic (exact) mass is 551 g/mol. The molecular formula is C27H28F3NO6S. The van der Waals surface area contributed by atoms with E-state index in [-0.39, 0.29) is 17.2 Å². The van der Waals surface area contributed by atoms with Crippen molar-refractivity contribution >= 4 is 21.6 Å². The van der Waals surface area contributed by atoms with Crippen molar-refractivity contribution in [3.8, 4) is 11.5 Å². The lowest BCUT2D eigenvalue weighted by Gasteiger charge is -2.39. The van der Waals surface area contributed by atoms with Gasteiger partial charge in [0.25, 0.3) is 0 Å². The summed E-state index contributed by atoms with van der Waals surface area (Å²) in [6.07, 6.45) is 1.99. The Balaban J connectivity index is 1.60. The molecule has 1 aliphatic carbocycles. The molecule has 4 rings (SSSR count). The van der Waals surface area contributed by atoms with E-state index in [0.29, 0.717) is 24.3 Å². The van der Waals surface area contributed by atoms with Crippen molar-refractivity contribution in [2.75, 3.05) is 19.7 Å². The highest BCUT2D eigenvalue weighted by atomic mass is 32.2. The Kier molecular flexibility index (Phi) is 7.62. The van der Waals surface area contributed by atoms with Crippen molar-refractivity contribution in [1.82, 2.24) is 4.31 Å². The number of alkyl halides is 3. The number of allylic oxidation sites excluding steroid dienone is 3. The van der Waals surface area contributed by atoms with E-state index in [2.05, 4.69) is 4.74 Å². The van der Waals surface area contributed by atoms with Gasteiger partial charge < -0.3 is 14.6 Å². The fraction of sp³-hybridized carbons (Fsp3) is 0.370. The second kappa shape index (κ2) is 10.5. The number of sulfonamides is 1. The summed E-state index contributed by atoms with van der Waals surface area (Å²) in [6, 6.07) is 10.0. The molecule has 11 heteroatoms. The first-order chi connectivity index (χ1) is 17.8. The summed E-state index contributed by atoms with van der Waals surface area (Å²) in [6.45, 7) is 3.49. The zero-order chi connectivity index (χ0) is 27.7. The van der Waals surface area contributed by atoms with E-state index in [4.69, 9.17) is 4.74 Å². The summed E-state index contributed by atoms with van der Waals surface area (Å²) in [4.78, 5) is 11.7. The maximum atomic E-state index is 13.6. The van der Waals surface area contributed by atoms with Crippen LogP contribution in [0.3, 0.4) is 0 Å². The number of fused-ring (bicyclic) bond motifs is 1. The number of nitrogens with zero attached hydrogens (tertiary/aromatic N) is 1. The molecule has 1 N–H and O–H groups in total. The van der Waals surface area contributed by atoms with E-state index in [1.807, 2.05) is 26.0 Å². The Bertz CT molecular complexity index is 1360. The van der Waals surface area contributed by atoms with Crippen LogP contribution in [0, 0.1) is 11.3 Å². The molecule has 0 saturated heterocycles. The summed E-state index contributed by atoms with van der Waals surface area (Å²) >= 11 is 0. The molecule has 38 heavy (non-hydrogen) atoms. The number of carboxylic acid groups (broad SMARTS) is 1. The van der Waals surface area contributed by atoms with Gasteiger partial charge in [-0.1, -0.05) is 44.2 Å². The Labute approximate surface area is 219 Å². The van der Waals surface area contributed by atoms with Crippen molar-refractivity contribution < 1.29 is 41.0 Å². The highest BCUT2D eigenvalue weighted by molar-refractivity contribution is 7.89. The maximum absolute atomic E-state index is 13.6. The normalized spacial score (nSPS) is 18.9. The molecule has 0 amide bonds. The van der Waals surface area contributed by atoms with Gasteiger partial charge in [-0.3, -0.25) is 4.79 Å². The molecule has 1 atom stereocenters. The molecule has 0 spiro atoms. The van der Waals surface area contributed by atoms with Crippen molar-refractivity contribution in [2.45, 2.75) is 37.9 Å². The first-order valence-electron chi connectivity index (χ1n) is 12.0. The van der Waals surface area contributed by atoms with Gasteiger partial charge in [0, 0.05) is 12.5 Å². The highest BCUT2D eigenvalue weighted by Gasteiger charge is 2.39. The zero-order valence-electron chi connectivity index (χ0n) is 20.9. The van der Waals surface area contributed by atoms with Crippen LogP contribution in [0.25, 0.3) is 5.57 Å². The van der Waals surface area contributed by atoms with Crippen LogP contribution in [0.5, 0.6) is 11.5 Å². The Morgan fingerprint density at radius 3 is 2.55 bits per heavy atom. The molecule has 2 aromatic rings. The summed E-state index contributed by atoms with van der Waals surface area (Å²) in [7, 11) is -4.16. The highest BCUT2D eigenvalue weighted by Crippen LogP contribution is 2.45. The summed E-state index contributed by atoms with van der Waals surface area (Å²) < 4.78 is 75.3. The molecule has 0 saturated carbocycles. The number of carboxylic acids is 1. The molecule has 0 fully saturated rings. The largest absolute Gasteiger partial charge is 0.573 e. The molecule has 0 bridgehead atoms. The fourth-order valence-electron chi connectivity index (χ4n) is 4.80. The minimum Gasteiger partial charge on any atom is -0.493 e. The van der Waals surface area contributed by atoms with Gasteiger partial charge in [0.1, 0.15) is 18.0 Å². The van der Waals surface area contributed by atoms with E-state index in [1.165, 1.54) is 36.4 Å². The lowest BCUT2D eigenvalue weighted by molar-refractivity contribution is -0.274. The lowest BCUT2D eigenvalue weighted by Crippen LogP contribution is -2.43. The van der Waals surface area contributed by atoms with Gasteiger partial charge in [-0.25, -0.2) is 8.42 Å². The minimum atomic E-state index is -4.80. The van der Waals surface area contributed by atoms with Crippen LogP contribution in [-0.2, 0) is 21.2 Å². The third kappa shape index (κ3) is 6.05. The van der Waals surface area contributed by atoms with Gasteiger partial charge in [0.15, 0.2) is 0 Å². The molecule has 1 heterocycles. The second-order valence-corrected chi connectivity index (χ2v) is 11.7. The molecule has 2 aromatic carbocycles. The van der Waals surface area contributed by atoms with E-state index in [9.17, 15) is 31.5 Å². The topological polar surface area (TPSA) is 93.1 Å². The van der Waals surface area contributed by atoms with Gasteiger partial charge >= 0.3 is 12.3 Å². The van der Waals surface area contributed by atoms with Crippen molar-refractivity contribution in [3.05, 3.63) is 71.8 Å². The Morgan fingerprint density at radius 1 is 1.18 bits per heavy atom. The summed E-state index contributed by atoms with van der Waals surface area (Å²) in [5, 5.41) is 9.53. The first kappa shape index (κ1) is 27.7. The molecule has 0 radical (unpaired) electrons. The summed E-state index contributed by atoms with van der Waals surface area (Å²) in [5.41, 5.74) is 1.48. The molecule has 2 aliphatic rings. The molecule has 0 aromatic heterocycles. The quantitative estimate of drug-likeness (QED) is 0.480. The SMILES string of the molecule is CC1(C)C(c2ccc(OC(F)(F)F)cc2)=CC=CC1CN(CC(=O)O)S(=O)(=O)c1ccc2c(c1)CCCO2. The number of rotatable bonds is 8. The number of hydrogen-bond donors (Lipinski definition) is 1. The van der Waals surface area contributed by atoms with Crippen LogP contribution in [0.1, 0.15) is 31.4 Å². The van der Waals surface area contributed by atoms with E-state index >= 15 is 0 Å². The summed E-state index contributed by atoms with van der Waals surface area (Å²) in [5.74, 6) is -1.44. The third-order valence-electron chi connectivity index (χ3n) is 6.86. The number of aliphatic carboxylic acids is 1. The number of halogens is 3. The minimum absolute atomic E-state index is 0.00314. The number of carbonyl (C=O) groups is 1. The van der Waals surface area contributed by atoms with Crippen LogP contribution >= 0.6 is 0 Å². The van der Waals surface area contributed by atoms with E-state index < -0.39 is 40.2 Å². The lowest BCUT2D eigenvalue weighted by atomic mass is 9.68. The predicted molar refractivity (Wildman–Crippen MR) is 134 cm³/mol. The van der Waals surface area contributed by atoms with Gasteiger partial charge in [0.05, 0.1) is 11.5 Å². The van der Waals surface area contributed by atoms with Crippen LogP contribution in [0.4, 0.5) is 13.2 Å². The standard InChI is InChI=1S/C27H28F3NO6S/c1-26(2)20(6-3-7-23(26)18-8-10-21(11-9-18)37-27(28,29)30)16-31(17-25(32)33)38(34,35)22-12-13-24-19(15-22)5-4-14-36-24/h3,6-13,15,20H,4-5,14,16-17H2,1-2H3,(H,32,33). The van der Waals surface area contributed by atoms with Gasteiger partial charge in [-0.2, -0.15) is 4.31 Å². The van der Waals surface area contributed by atoms with Crippen LogP contribution in [-0.4, -0.2) is 49.9 Å². The maximum Gasteiger partial charge on any atom is 0.573 e. The van der Waals surface area contributed by atoms with E-state index in [1.54, 1.807) is 12.1 Å². The Hall–Kier alpha value is -3.31. The van der Waals surface area contributed by atoms with Crippen molar-refractivity contribution in [1.29, 1.82) is 0 Å². The molecule has 1 unspecified atom stereocenters. The average molecular weight is 552 g/mol. The van der Waals surface area contributed by atoms with Gasteiger partial charge in [-0.05, 0) is 65.3 Å². The van der Waals surface area contributed by atoms with Crippen LogP contribution < -0.4 is 9.47 Å². The molecule has 204 valence electrons. The van der Waals surface area contributed by atoms with Crippen LogP contribution in [0.2, 0.25) is 0 Å². The number of aryl methyl sites for hydroxylation is 1. The second-order valence-electron chi connectivity index (χ2n) is 9.78.